The van der Waals surface area contributed by atoms with Gasteiger partial charge in [0.1, 0.15) is 0 Å². The highest BCUT2D eigenvalue weighted by atomic mass is 35.5. The summed E-state index contributed by atoms with van der Waals surface area (Å²) in [4.78, 5) is 12.1. The summed E-state index contributed by atoms with van der Waals surface area (Å²) in [5.74, 6) is 0. The van der Waals surface area contributed by atoms with E-state index in [2.05, 4.69) is 6.08 Å². The Kier molecular flexibility index (Phi) is 3.88. The highest BCUT2D eigenvalue weighted by molar-refractivity contribution is 5.85. The fourth-order valence-corrected chi connectivity index (χ4v) is 0.841. The lowest BCUT2D eigenvalue weighted by Crippen LogP contribution is -2.37. The maximum Gasteiger partial charge on any atom is 0.315 e. The summed E-state index contributed by atoms with van der Waals surface area (Å²) in [6, 6.07) is -0.320. The minimum absolute atomic E-state index is 0. The van der Waals surface area contributed by atoms with E-state index in [1.807, 2.05) is 6.08 Å². The predicted molar refractivity (Wildman–Crippen MR) is 42.2 cm³/mol. The first kappa shape index (κ1) is 9.30. The topological polar surface area (TPSA) is 46.3 Å². The van der Waals surface area contributed by atoms with Gasteiger partial charge in [-0.15, -0.1) is 12.4 Å². The molecule has 2 amide bonds. The van der Waals surface area contributed by atoms with Crippen LogP contribution in [-0.4, -0.2) is 24.0 Å². The minimum Gasteiger partial charge on any atom is -0.351 e. The number of nitrogens with zero attached hydrogens (tertiary/aromatic N) is 1. The van der Waals surface area contributed by atoms with E-state index in [0.717, 1.165) is 13.0 Å². The zero-order valence-electron chi connectivity index (χ0n) is 5.62. The van der Waals surface area contributed by atoms with Crippen LogP contribution in [0, 0.1) is 0 Å². The van der Waals surface area contributed by atoms with E-state index >= 15 is 0 Å². The first-order chi connectivity index (χ1) is 4.30. The summed E-state index contributed by atoms with van der Waals surface area (Å²) in [5, 5.41) is 0. The number of hydrogen-bond donors (Lipinski definition) is 1. The molecule has 0 bridgehead atoms. The SMILES string of the molecule is Cl.NC(=O)N1CC=CCC1. The molecule has 0 saturated heterocycles. The minimum atomic E-state index is -0.320. The third-order valence-corrected chi connectivity index (χ3v) is 1.37. The largest absolute Gasteiger partial charge is 0.351 e. The molecule has 0 unspecified atom stereocenters. The van der Waals surface area contributed by atoms with Crippen LogP contribution in [0.15, 0.2) is 12.2 Å². The van der Waals surface area contributed by atoms with Gasteiger partial charge in [-0.05, 0) is 6.42 Å². The normalized spacial score (nSPS) is 16.2. The van der Waals surface area contributed by atoms with Gasteiger partial charge in [-0.1, -0.05) is 12.2 Å². The van der Waals surface area contributed by atoms with Gasteiger partial charge in [0.2, 0.25) is 0 Å². The fourth-order valence-electron chi connectivity index (χ4n) is 0.841. The summed E-state index contributed by atoms with van der Waals surface area (Å²) in [5.41, 5.74) is 5.02. The standard InChI is InChI=1S/C6H10N2O.ClH/c7-6(9)8-4-2-1-3-5-8;/h1-2H,3-5H2,(H2,7,9);1H. The molecule has 0 fully saturated rings. The number of urea groups is 1. The van der Waals surface area contributed by atoms with E-state index in [1.165, 1.54) is 0 Å². The van der Waals surface area contributed by atoms with Crippen LogP contribution >= 0.6 is 12.4 Å². The lowest BCUT2D eigenvalue weighted by atomic mass is 10.3. The molecule has 1 aliphatic rings. The Balaban J connectivity index is 0.000000810. The second-order valence-electron chi connectivity index (χ2n) is 2.04. The summed E-state index contributed by atoms with van der Waals surface area (Å²) < 4.78 is 0. The number of carbonyl (C=O) groups excluding carboxylic acids is 1. The molecule has 0 aromatic heterocycles. The Hall–Kier alpha value is -0.700. The lowest BCUT2D eigenvalue weighted by Gasteiger charge is -2.20. The molecular formula is C6H11ClN2O. The number of rotatable bonds is 0. The van der Waals surface area contributed by atoms with E-state index in [0.29, 0.717) is 6.54 Å². The van der Waals surface area contributed by atoms with Crippen LogP contribution in [0.4, 0.5) is 4.79 Å². The number of carbonyl (C=O) groups is 1. The molecule has 0 aliphatic carbocycles. The summed E-state index contributed by atoms with van der Waals surface area (Å²) in [7, 11) is 0. The van der Waals surface area contributed by atoms with E-state index in [9.17, 15) is 4.79 Å². The van der Waals surface area contributed by atoms with Crippen molar-refractivity contribution in [2.45, 2.75) is 6.42 Å². The van der Waals surface area contributed by atoms with Crippen molar-refractivity contribution in [3.05, 3.63) is 12.2 Å². The number of hydrogen-bond acceptors (Lipinski definition) is 1. The maximum absolute atomic E-state index is 10.5. The Bertz CT molecular complexity index is 147. The van der Waals surface area contributed by atoms with Crippen LogP contribution in [-0.2, 0) is 0 Å². The first-order valence-electron chi connectivity index (χ1n) is 3.00. The second kappa shape index (κ2) is 4.17. The zero-order chi connectivity index (χ0) is 6.69. The molecule has 0 atom stereocenters. The molecular weight excluding hydrogens is 152 g/mol. The molecule has 3 nitrogen and oxygen atoms in total. The smallest absolute Gasteiger partial charge is 0.315 e. The highest BCUT2D eigenvalue weighted by Crippen LogP contribution is 1.98. The van der Waals surface area contributed by atoms with Gasteiger partial charge in [-0.3, -0.25) is 0 Å². The Morgan fingerprint density at radius 3 is 2.50 bits per heavy atom. The lowest BCUT2D eigenvalue weighted by molar-refractivity contribution is 0.212. The van der Waals surface area contributed by atoms with Crippen molar-refractivity contribution in [1.82, 2.24) is 4.90 Å². The molecule has 1 rings (SSSR count). The Labute approximate surface area is 66.3 Å². The van der Waals surface area contributed by atoms with Gasteiger partial charge < -0.3 is 10.6 Å². The van der Waals surface area contributed by atoms with Crippen molar-refractivity contribution >= 4 is 18.4 Å². The van der Waals surface area contributed by atoms with Crippen molar-refractivity contribution in [3.63, 3.8) is 0 Å². The van der Waals surface area contributed by atoms with Crippen molar-refractivity contribution in [3.8, 4) is 0 Å². The third kappa shape index (κ3) is 2.27. The van der Waals surface area contributed by atoms with E-state index in [1.54, 1.807) is 4.90 Å². The third-order valence-electron chi connectivity index (χ3n) is 1.37. The van der Waals surface area contributed by atoms with Gasteiger partial charge in [-0.25, -0.2) is 4.79 Å². The molecule has 0 spiro atoms. The van der Waals surface area contributed by atoms with Crippen LogP contribution in [0.1, 0.15) is 6.42 Å². The Morgan fingerprint density at radius 2 is 2.20 bits per heavy atom. The van der Waals surface area contributed by atoms with Gasteiger partial charge in [-0.2, -0.15) is 0 Å². The van der Waals surface area contributed by atoms with Gasteiger partial charge in [0.25, 0.3) is 0 Å². The molecule has 0 aromatic carbocycles. The average Bonchev–Trinajstić information content (AvgIpc) is 1.90. The molecule has 58 valence electrons. The number of primary amides is 1. The highest BCUT2D eigenvalue weighted by Gasteiger charge is 2.07. The number of nitrogens with two attached hydrogens (primary N) is 1. The summed E-state index contributed by atoms with van der Waals surface area (Å²) in [6.07, 6.45) is 4.94. The van der Waals surface area contributed by atoms with Crippen molar-refractivity contribution in [1.29, 1.82) is 0 Å². The van der Waals surface area contributed by atoms with Gasteiger partial charge in [0.05, 0.1) is 0 Å². The maximum atomic E-state index is 10.5. The van der Waals surface area contributed by atoms with Gasteiger partial charge in [0, 0.05) is 13.1 Å². The molecule has 10 heavy (non-hydrogen) atoms. The molecule has 0 saturated carbocycles. The number of halogens is 1. The van der Waals surface area contributed by atoms with E-state index in [4.69, 9.17) is 5.73 Å². The van der Waals surface area contributed by atoms with Crippen molar-refractivity contribution in [2.75, 3.05) is 13.1 Å². The first-order valence-corrected chi connectivity index (χ1v) is 3.00. The van der Waals surface area contributed by atoms with E-state index in [-0.39, 0.29) is 18.4 Å². The number of amides is 2. The van der Waals surface area contributed by atoms with Gasteiger partial charge >= 0.3 is 6.03 Å². The Morgan fingerprint density at radius 1 is 1.50 bits per heavy atom. The predicted octanol–water partition coefficient (Wildman–Crippen LogP) is 0.749. The van der Waals surface area contributed by atoms with Crippen LogP contribution in [0.25, 0.3) is 0 Å². The van der Waals surface area contributed by atoms with Crippen molar-refractivity contribution < 1.29 is 4.79 Å². The molecule has 1 heterocycles. The summed E-state index contributed by atoms with van der Waals surface area (Å²) >= 11 is 0. The molecule has 0 aromatic rings. The quantitative estimate of drug-likeness (QED) is 0.525. The van der Waals surface area contributed by atoms with Crippen LogP contribution < -0.4 is 5.73 Å². The summed E-state index contributed by atoms with van der Waals surface area (Å²) in [6.45, 7) is 1.45. The van der Waals surface area contributed by atoms with Crippen LogP contribution in [0.5, 0.6) is 0 Å². The van der Waals surface area contributed by atoms with E-state index < -0.39 is 0 Å². The van der Waals surface area contributed by atoms with Crippen molar-refractivity contribution in [2.24, 2.45) is 5.73 Å². The molecule has 2 N–H and O–H groups in total. The zero-order valence-corrected chi connectivity index (χ0v) is 6.43. The monoisotopic (exact) mass is 162 g/mol. The average molecular weight is 163 g/mol. The molecule has 1 aliphatic heterocycles. The molecule has 4 heteroatoms. The fraction of sp³-hybridized carbons (Fsp3) is 0.500. The van der Waals surface area contributed by atoms with Crippen LogP contribution in [0.3, 0.4) is 0 Å². The second-order valence-corrected chi connectivity index (χ2v) is 2.04. The van der Waals surface area contributed by atoms with Crippen LogP contribution in [0.2, 0.25) is 0 Å². The molecule has 0 radical (unpaired) electrons. The van der Waals surface area contributed by atoms with Gasteiger partial charge in [0.15, 0.2) is 0 Å².